The number of rotatable bonds is 4. The zero-order valence-corrected chi connectivity index (χ0v) is 10.5. The Kier molecular flexibility index (Phi) is 2.88. The Balaban J connectivity index is 1.90. The van der Waals surface area contributed by atoms with Gasteiger partial charge in [0.05, 0.1) is 0 Å². The van der Waals surface area contributed by atoms with E-state index in [-0.39, 0.29) is 18.1 Å². The Labute approximate surface area is 111 Å². The van der Waals surface area contributed by atoms with Crippen molar-refractivity contribution in [2.45, 2.75) is 6.61 Å². The summed E-state index contributed by atoms with van der Waals surface area (Å²) in [6, 6.07) is 3.65. The van der Waals surface area contributed by atoms with Gasteiger partial charge in [0, 0.05) is 29.5 Å². The molecule has 0 amide bonds. The lowest BCUT2D eigenvalue weighted by Crippen LogP contribution is -2.02. The van der Waals surface area contributed by atoms with Gasteiger partial charge >= 0.3 is 5.97 Å². The fraction of sp³-hybridized carbons (Fsp3) is 0.0833. The highest BCUT2D eigenvalue weighted by molar-refractivity contribution is 7.16. The molecule has 19 heavy (non-hydrogen) atoms. The standard InChI is InChI=1S/C12H9N3O3S/c16-12(17)9-10(14-15-4-5-19-11(9)15)18-7-8-2-1-3-13-6-8/h1-6H,7H2,(H,16,17). The maximum Gasteiger partial charge on any atom is 0.344 e. The van der Waals surface area contributed by atoms with Gasteiger partial charge in [-0.2, -0.15) is 0 Å². The molecule has 0 fully saturated rings. The molecular formula is C12H9N3O3S. The fourth-order valence-electron chi connectivity index (χ4n) is 1.68. The number of carboxylic acids is 1. The van der Waals surface area contributed by atoms with Gasteiger partial charge in [-0.05, 0) is 6.07 Å². The van der Waals surface area contributed by atoms with Crippen LogP contribution in [0.15, 0.2) is 36.1 Å². The molecule has 0 bridgehead atoms. The van der Waals surface area contributed by atoms with Crippen LogP contribution < -0.4 is 4.74 Å². The first kappa shape index (κ1) is 11.7. The van der Waals surface area contributed by atoms with E-state index in [0.29, 0.717) is 4.83 Å². The van der Waals surface area contributed by atoms with Crippen LogP contribution in [0.25, 0.3) is 4.83 Å². The lowest BCUT2D eigenvalue weighted by atomic mass is 10.3. The molecule has 0 spiro atoms. The van der Waals surface area contributed by atoms with Crippen molar-refractivity contribution >= 4 is 22.1 Å². The Morgan fingerprint density at radius 3 is 3.16 bits per heavy atom. The molecule has 6 nitrogen and oxygen atoms in total. The molecule has 96 valence electrons. The van der Waals surface area contributed by atoms with Gasteiger partial charge in [0.1, 0.15) is 11.4 Å². The number of aromatic carboxylic acids is 1. The third-order valence-corrected chi connectivity index (χ3v) is 3.40. The number of hydrogen-bond acceptors (Lipinski definition) is 5. The molecule has 3 heterocycles. The van der Waals surface area contributed by atoms with Crippen LogP contribution in [0, 0.1) is 0 Å². The summed E-state index contributed by atoms with van der Waals surface area (Å²) in [6.45, 7) is 0.235. The van der Waals surface area contributed by atoms with Crippen LogP contribution in [0.4, 0.5) is 0 Å². The maximum absolute atomic E-state index is 11.3. The predicted molar refractivity (Wildman–Crippen MR) is 68.6 cm³/mol. The van der Waals surface area contributed by atoms with E-state index in [2.05, 4.69) is 10.1 Å². The van der Waals surface area contributed by atoms with Gasteiger partial charge in [0.2, 0.25) is 5.88 Å². The summed E-state index contributed by atoms with van der Waals surface area (Å²) >= 11 is 1.31. The molecule has 0 saturated carbocycles. The molecule has 0 aliphatic rings. The van der Waals surface area contributed by atoms with E-state index >= 15 is 0 Å². The SMILES string of the molecule is O=C(O)c1c(OCc2cccnc2)nn2ccsc12. The summed E-state index contributed by atoms with van der Waals surface area (Å²) in [4.78, 5) is 15.8. The zero-order chi connectivity index (χ0) is 13.2. The Bertz CT molecular complexity index is 720. The van der Waals surface area contributed by atoms with E-state index in [1.807, 2.05) is 6.07 Å². The van der Waals surface area contributed by atoms with Crippen molar-refractivity contribution in [1.29, 1.82) is 0 Å². The van der Waals surface area contributed by atoms with Crippen LogP contribution in [0.3, 0.4) is 0 Å². The van der Waals surface area contributed by atoms with Gasteiger partial charge in [-0.3, -0.25) is 4.98 Å². The number of aromatic nitrogens is 3. The molecule has 0 aromatic carbocycles. The molecule has 3 rings (SSSR count). The molecule has 0 saturated heterocycles. The number of carboxylic acid groups (broad SMARTS) is 1. The molecule has 3 aromatic rings. The first-order valence-corrected chi connectivity index (χ1v) is 6.34. The Morgan fingerprint density at radius 2 is 2.42 bits per heavy atom. The van der Waals surface area contributed by atoms with E-state index < -0.39 is 5.97 Å². The second-order valence-electron chi connectivity index (χ2n) is 3.79. The summed E-state index contributed by atoms with van der Waals surface area (Å²) in [5, 5.41) is 15.1. The minimum Gasteiger partial charge on any atom is -0.477 e. The third kappa shape index (κ3) is 2.15. The van der Waals surface area contributed by atoms with Gasteiger partial charge in [-0.15, -0.1) is 16.4 Å². The third-order valence-electron chi connectivity index (χ3n) is 2.53. The van der Waals surface area contributed by atoms with Crippen LogP contribution in [-0.2, 0) is 6.61 Å². The van der Waals surface area contributed by atoms with E-state index in [1.54, 1.807) is 30.0 Å². The van der Waals surface area contributed by atoms with Crippen molar-refractivity contribution in [2.75, 3.05) is 0 Å². The molecule has 0 aliphatic carbocycles. The van der Waals surface area contributed by atoms with Gasteiger partial charge in [-0.1, -0.05) is 6.07 Å². The molecule has 0 radical (unpaired) electrons. The van der Waals surface area contributed by atoms with Crippen molar-refractivity contribution < 1.29 is 14.6 Å². The number of pyridine rings is 1. The van der Waals surface area contributed by atoms with E-state index in [9.17, 15) is 9.90 Å². The minimum absolute atomic E-state index is 0.0962. The first-order chi connectivity index (χ1) is 9.25. The topological polar surface area (TPSA) is 76.7 Å². The number of hydrogen-bond donors (Lipinski definition) is 1. The number of nitrogens with zero attached hydrogens (tertiary/aromatic N) is 3. The van der Waals surface area contributed by atoms with Gasteiger partial charge < -0.3 is 9.84 Å². The van der Waals surface area contributed by atoms with Gasteiger partial charge in [0.15, 0.2) is 5.56 Å². The van der Waals surface area contributed by atoms with Crippen molar-refractivity contribution in [1.82, 2.24) is 14.6 Å². The predicted octanol–water partition coefficient (Wildman–Crippen LogP) is 2.07. The van der Waals surface area contributed by atoms with Crippen molar-refractivity contribution in [3.8, 4) is 5.88 Å². The average Bonchev–Trinajstić information content (AvgIpc) is 2.96. The molecule has 3 aromatic heterocycles. The lowest BCUT2D eigenvalue weighted by Gasteiger charge is -2.03. The number of thiazole rings is 1. The first-order valence-electron chi connectivity index (χ1n) is 5.46. The van der Waals surface area contributed by atoms with Gasteiger partial charge in [0.25, 0.3) is 0 Å². The normalized spacial score (nSPS) is 10.7. The minimum atomic E-state index is -1.04. The second kappa shape index (κ2) is 4.69. The maximum atomic E-state index is 11.3. The smallest absolute Gasteiger partial charge is 0.344 e. The van der Waals surface area contributed by atoms with Crippen LogP contribution in [0.1, 0.15) is 15.9 Å². The van der Waals surface area contributed by atoms with Crippen LogP contribution in [0.2, 0.25) is 0 Å². The highest BCUT2D eigenvalue weighted by Gasteiger charge is 2.21. The van der Waals surface area contributed by atoms with E-state index in [0.717, 1.165) is 5.56 Å². The quantitative estimate of drug-likeness (QED) is 0.788. The fourth-order valence-corrected chi connectivity index (χ4v) is 2.49. The van der Waals surface area contributed by atoms with Crippen LogP contribution in [-0.4, -0.2) is 25.7 Å². The monoisotopic (exact) mass is 275 g/mol. The van der Waals surface area contributed by atoms with Crippen molar-refractivity contribution in [3.05, 3.63) is 47.2 Å². The van der Waals surface area contributed by atoms with Crippen molar-refractivity contribution in [2.24, 2.45) is 0 Å². The zero-order valence-electron chi connectivity index (χ0n) is 9.68. The largest absolute Gasteiger partial charge is 0.477 e. The number of fused-ring (bicyclic) bond motifs is 1. The molecule has 0 atom stereocenters. The second-order valence-corrected chi connectivity index (χ2v) is 4.68. The van der Waals surface area contributed by atoms with Crippen LogP contribution in [0.5, 0.6) is 5.88 Å². The molecule has 0 aliphatic heterocycles. The Hall–Kier alpha value is -2.41. The van der Waals surface area contributed by atoms with E-state index in [1.165, 1.54) is 15.9 Å². The summed E-state index contributed by atoms with van der Waals surface area (Å²) < 4.78 is 6.99. The molecular weight excluding hydrogens is 266 g/mol. The molecule has 7 heteroatoms. The van der Waals surface area contributed by atoms with Crippen LogP contribution >= 0.6 is 11.3 Å². The summed E-state index contributed by atoms with van der Waals surface area (Å²) in [7, 11) is 0. The summed E-state index contributed by atoms with van der Waals surface area (Å²) in [5.74, 6) is -0.915. The van der Waals surface area contributed by atoms with Crippen molar-refractivity contribution in [3.63, 3.8) is 0 Å². The average molecular weight is 275 g/mol. The summed E-state index contributed by atoms with van der Waals surface area (Å²) in [6.07, 6.45) is 5.03. The van der Waals surface area contributed by atoms with E-state index in [4.69, 9.17) is 4.74 Å². The lowest BCUT2D eigenvalue weighted by molar-refractivity contribution is 0.0694. The molecule has 1 N–H and O–H groups in total. The highest BCUT2D eigenvalue weighted by atomic mass is 32.1. The number of ether oxygens (including phenoxy) is 1. The summed E-state index contributed by atoms with van der Waals surface area (Å²) in [5.41, 5.74) is 0.953. The van der Waals surface area contributed by atoms with Gasteiger partial charge in [-0.25, -0.2) is 9.31 Å². The number of carbonyl (C=O) groups is 1. The molecule has 0 unspecified atom stereocenters. The highest BCUT2D eigenvalue weighted by Crippen LogP contribution is 2.26. The Morgan fingerprint density at radius 1 is 1.53 bits per heavy atom.